The van der Waals surface area contributed by atoms with Crippen LogP contribution < -0.4 is 16.0 Å². The van der Waals surface area contributed by atoms with Crippen LogP contribution >= 0.6 is 0 Å². The lowest BCUT2D eigenvalue weighted by Crippen LogP contribution is -2.37. The molecule has 3 fully saturated rings. The first kappa shape index (κ1) is 22.2. The number of nitrogens with one attached hydrogen (secondary N) is 3. The van der Waals surface area contributed by atoms with Gasteiger partial charge in [-0.2, -0.15) is 0 Å². The van der Waals surface area contributed by atoms with Gasteiger partial charge in [0.1, 0.15) is 0 Å². The topological polar surface area (TPSA) is 70.2 Å². The van der Waals surface area contributed by atoms with Gasteiger partial charge in [0, 0.05) is 31.2 Å². The lowest BCUT2D eigenvalue weighted by Gasteiger charge is -2.34. The van der Waals surface area contributed by atoms with Crippen LogP contribution in [0.25, 0.3) is 0 Å². The van der Waals surface area contributed by atoms with E-state index in [-0.39, 0.29) is 17.7 Å². The zero-order valence-corrected chi connectivity index (χ0v) is 19.2. The van der Waals surface area contributed by atoms with Gasteiger partial charge in [-0.3, -0.25) is 9.59 Å². The first-order valence-electron chi connectivity index (χ1n) is 12.3. The maximum absolute atomic E-state index is 12.2. The number of hydrogen-bond donors (Lipinski definition) is 3. The Kier molecular flexibility index (Phi) is 6.88. The number of carbonyl (C=O) groups excluding carboxylic acids is 2. The number of carbonyl (C=O) groups is 2. The van der Waals surface area contributed by atoms with Gasteiger partial charge < -0.3 is 16.0 Å². The van der Waals surface area contributed by atoms with Crippen LogP contribution in [0.5, 0.6) is 0 Å². The van der Waals surface area contributed by atoms with E-state index >= 15 is 0 Å². The van der Waals surface area contributed by atoms with E-state index < -0.39 is 0 Å². The van der Waals surface area contributed by atoms with Crippen LogP contribution in [0, 0.1) is 17.3 Å². The second-order valence-corrected chi connectivity index (χ2v) is 10.9. The van der Waals surface area contributed by atoms with Gasteiger partial charge in [-0.15, -0.1) is 0 Å². The van der Waals surface area contributed by atoms with Crippen molar-refractivity contribution in [3.63, 3.8) is 0 Å². The zero-order chi connectivity index (χ0) is 21.8. The Morgan fingerprint density at radius 2 is 1.71 bits per heavy atom. The van der Waals surface area contributed by atoms with E-state index in [9.17, 15) is 9.59 Å². The van der Waals surface area contributed by atoms with Crippen molar-refractivity contribution in [2.75, 3.05) is 18.4 Å². The van der Waals surface area contributed by atoms with Gasteiger partial charge in [-0.25, -0.2) is 0 Å². The molecular weight excluding hydrogens is 386 g/mol. The molecule has 1 atom stereocenters. The van der Waals surface area contributed by atoms with Gasteiger partial charge in [0.2, 0.25) is 11.8 Å². The SMILES string of the molecule is CC1(C)CCC(c2ccc(NC3CCC(CNC(=O)C4CNC(=O)C4)CC3)cc2)CC1. The molecule has 0 aromatic heterocycles. The number of rotatable bonds is 6. The molecular formula is C26H39N3O2. The van der Waals surface area contributed by atoms with Crippen molar-refractivity contribution < 1.29 is 9.59 Å². The summed E-state index contributed by atoms with van der Waals surface area (Å²) in [6, 6.07) is 9.70. The van der Waals surface area contributed by atoms with Gasteiger partial charge in [0.15, 0.2) is 0 Å². The molecule has 31 heavy (non-hydrogen) atoms. The monoisotopic (exact) mass is 425 g/mol. The Morgan fingerprint density at radius 3 is 2.32 bits per heavy atom. The Hall–Kier alpha value is -2.04. The van der Waals surface area contributed by atoms with Gasteiger partial charge in [-0.05, 0) is 86.3 Å². The van der Waals surface area contributed by atoms with Gasteiger partial charge in [0.05, 0.1) is 5.92 Å². The molecule has 170 valence electrons. The van der Waals surface area contributed by atoms with Crippen molar-refractivity contribution >= 4 is 17.5 Å². The molecule has 1 aromatic carbocycles. The lowest BCUT2D eigenvalue weighted by molar-refractivity contribution is -0.126. The maximum atomic E-state index is 12.2. The Morgan fingerprint density at radius 1 is 1.03 bits per heavy atom. The second-order valence-electron chi connectivity index (χ2n) is 10.9. The Labute approximate surface area is 187 Å². The summed E-state index contributed by atoms with van der Waals surface area (Å²) in [5.41, 5.74) is 3.25. The summed E-state index contributed by atoms with van der Waals surface area (Å²) in [4.78, 5) is 23.5. The van der Waals surface area contributed by atoms with Crippen LogP contribution in [0.1, 0.15) is 83.1 Å². The third-order valence-corrected chi connectivity index (χ3v) is 7.85. The van der Waals surface area contributed by atoms with E-state index in [4.69, 9.17) is 0 Å². The minimum absolute atomic E-state index is 0.0116. The number of hydrogen-bond acceptors (Lipinski definition) is 3. The first-order valence-corrected chi connectivity index (χ1v) is 12.3. The van der Waals surface area contributed by atoms with Crippen molar-refractivity contribution in [3.8, 4) is 0 Å². The summed E-state index contributed by atoms with van der Waals surface area (Å²) in [6.07, 6.45) is 10.2. The van der Waals surface area contributed by atoms with Crippen LogP contribution in [-0.2, 0) is 9.59 Å². The predicted molar refractivity (Wildman–Crippen MR) is 125 cm³/mol. The quantitative estimate of drug-likeness (QED) is 0.624. The molecule has 5 heteroatoms. The third-order valence-electron chi connectivity index (χ3n) is 7.85. The van der Waals surface area contributed by atoms with Crippen molar-refractivity contribution in [2.24, 2.45) is 17.3 Å². The molecule has 4 rings (SSSR count). The maximum Gasteiger partial charge on any atom is 0.225 e. The molecule has 1 unspecified atom stereocenters. The molecule has 1 aromatic rings. The number of amides is 2. The molecule has 0 radical (unpaired) electrons. The summed E-state index contributed by atoms with van der Waals surface area (Å²) < 4.78 is 0. The molecule has 2 amide bonds. The van der Waals surface area contributed by atoms with Crippen LogP contribution in [0.2, 0.25) is 0 Å². The molecule has 5 nitrogen and oxygen atoms in total. The fraction of sp³-hybridized carbons (Fsp3) is 0.692. The average Bonchev–Trinajstić information content (AvgIpc) is 3.20. The highest BCUT2D eigenvalue weighted by Crippen LogP contribution is 2.42. The van der Waals surface area contributed by atoms with E-state index in [1.807, 2.05) is 0 Å². The normalized spacial score (nSPS) is 28.7. The highest BCUT2D eigenvalue weighted by molar-refractivity contribution is 5.89. The molecule has 3 N–H and O–H groups in total. The fourth-order valence-electron chi connectivity index (χ4n) is 5.51. The van der Waals surface area contributed by atoms with E-state index in [0.29, 0.717) is 30.3 Å². The van der Waals surface area contributed by atoms with Crippen molar-refractivity contribution in [2.45, 2.75) is 83.6 Å². The molecule has 2 saturated carbocycles. The summed E-state index contributed by atoms with van der Waals surface area (Å²) in [5.74, 6) is 1.10. The number of benzene rings is 1. The van der Waals surface area contributed by atoms with E-state index in [2.05, 4.69) is 54.1 Å². The van der Waals surface area contributed by atoms with Gasteiger partial charge in [0.25, 0.3) is 0 Å². The Balaban J connectivity index is 1.17. The standard InChI is InChI=1S/C26H39N3O2/c1-26(2)13-11-20(12-14-26)19-5-9-23(10-6-19)29-22-7-3-18(4-8-22)16-28-25(31)21-15-24(30)27-17-21/h5-6,9-10,18,20-22,29H,3-4,7-8,11-17H2,1-2H3,(H,27,30)(H,28,31). The summed E-state index contributed by atoms with van der Waals surface area (Å²) in [5, 5.41) is 9.53. The van der Waals surface area contributed by atoms with Crippen molar-refractivity contribution in [1.82, 2.24) is 10.6 Å². The van der Waals surface area contributed by atoms with E-state index in [0.717, 1.165) is 38.1 Å². The molecule has 3 aliphatic rings. The fourth-order valence-corrected chi connectivity index (χ4v) is 5.51. The average molecular weight is 426 g/mol. The highest BCUT2D eigenvalue weighted by atomic mass is 16.2. The molecule has 0 bridgehead atoms. The van der Waals surface area contributed by atoms with Crippen LogP contribution in [-0.4, -0.2) is 30.9 Å². The highest BCUT2D eigenvalue weighted by Gasteiger charge is 2.29. The minimum atomic E-state index is -0.187. The lowest BCUT2D eigenvalue weighted by atomic mass is 9.71. The third kappa shape index (κ3) is 6.02. The predicted octanol–water partition coefficient (Wildman–Crippen LogP) is 4.59. The molecule has 1 aliphatic heterocycles. The number of anilines is 1. The summed E-state index contributed by atoms with van der Waals surface area (Å²) >= 11 is 0. The molecule has 1 heterocycles. The van der Waals surface area contributed by atoms with Crippen molar-refractivity contribution in [3.05, 3.63) is 29.8 Å². The summed E-state index contributed by atoms with van der Waals surface area (Å²) in [6.45, 7) is 6.02. The molecule has 2 aliphatic carbocycles. The molecule has 0 spiro atoms. The second kappa shape index (κ2) is 9.62. The van der Waals surface area contributed by atoms with Crippen LogP contribution in [0.15, 0.2) is 24.3 Å². The van der Waals surface area contributed by atoms with E-state index in [1.165, 1.54) is 36.9 Å². The minimum Gasteiger partial charge on any atom is -0.382 e. The summed E-state index contributed by atoms with van der Waals surface area (Å²) in [7, 11) is 0. The van der Waals surface area contributed by atoms with Gasteiger partial charge >= 0.3 is 0 Å². The van der Waals surface area contributed by atoms with Crippen LogP contribution in [0.3, 0.4) is 0 Å². The Bertz CT molecular complexity index is 755. The largest absolute Gasteiger partial charge is 0.382 e. The first-order chi connectivity index (χ1) is 14.9. The van der Waals surface area contributed by atoms with Crippen molar-refractivity contribution in [1.29, 1.82) is 0 Å². The van der Waals surface area contributed by atoms with Gasteiger partial charge in [-0.1, -0.05) is 26.0 Å². The van der Waals surface area contributed by atoms with E-state index in [1.54, 1.807) is 0 Å². The zero-order valence-electron chi connectivity index (χ0n) is 19.2. The van der Waals surface area contributed by atoms with Crippen LogP contribution in [0.4, 0.5) is 5.69 Å². The molecule has 1 saturated heterocycles. The smallest absolute Gasteiger partial charge is 0.225 e.